The van der Waals surface area contributed by atoms with Gasteiger partial charge < -0.3 is 10.6 Å². The van der Waals surface area contributed by atoms with Gasteiger partial charge in [-0.2, -0.15) is 0 Å². The van der Waals surface area contributed by atoms with Crippen molar-refractivity contribution in [2.45, 2.75) is 32.1 Å². The largest absolute Gasteiger partial charge is 0.394 e. The van der Waals surface area contributed by atoms with Crippen LogP contribution in [0.5, 0.6) is 0 Å². The molecule has 2 aromatic rings. The van der Waals surface area contributed by atoms with E-state index in [4.69, 9.17) is 10.8 Å². The van der Waals surface area contributed by atoms with E-state index in [9.17, 15) is 0 Å². The summed E-state index contributed by atoms with van der Waals surface area (Å²) in [4.78, 5) is 2.32. The van der Waals surface area contributed by atoms with Crippen LogP contribution in [-0.4, -0.2) is 22.7 Å². The number of aryl methyl sites for hydroxylation is 2. The first kappa shape index (κ1) is 10.2. The van der Waals surface area contributed by atoms with E-state index in [1.54, 1.807) is 0 Å². The molecule has 0 atom stereocenters. The van der Waals surface area contributed by atoms with Crippen LogP contribution < -0.4 is 10.6 Å². The van der Waals surface area contributed by atoms with Crippen molar-refractivity contribution in [1.82, 2.24) is 9.61 Å². The molecular weight excluding hydrogens is 224 g/mol. The van der Waals surface area contributed by atoms with Gasteiger partial charge >= 0.3 is 0 Å². The van der Waals surface area contributed by atoms with Gasteiger partial charge in [0.05, 0.1) is 5.52 Å². The topological polar surface area (TPSA) is 46.6 Å². The number of nitrogens with zero attached hydrogens (tertiary/aromatic N) is 3. The van der Waals surface area contributed by atoms with Gasteiger partial charge in [0.1, 0.15) is 5.69 Å². The number of hydrogen-bond donors (Lipinski definition) is 1. The maximum absolute atomic E-state index is 6.29. The number of anilines is 2. The zero-order valence-corrected chi connectivity index (χ0v) is 10.5. The zero-order valence-electron chi connectivity index (χ0n) is 10.5. The van der Waals surface area contributed by atoms with E-state index in [1.807, 2.05) is 0 Å². The standard InChI is InChI=1S/C14H18N4/c15-13-12-7-6-10-4-3-5-11(10)18(12)16-14(13)17-8-1-2-9-17/h6-7H,1-5,8-9,15H2. The molecule has 1 fully saturated rings. The van der Waals surface area contributed by atoms with E-state index in [-0.39, 0.29) is 0 Å². The first-order chi connectivity index (χ1) is 8.84. The van der Waals surface area contributed by atoms with Crippen LogP contribution in [0.3, 0.4) is 0 Å². The summed E-state index contributed by atoms with van der Waals surface area (Å²) in [6, 6.07) is 4.36. The second-order valence-electron chi connectivity index (χ2n) is 5.39. The summed E-state index contributed by atoms with van der Waals surface area (Å²) in [6.45, 7) is 2.19. The summed E-state index contributed by atoms with van der Waals surface area (Å²) in [5.41, 5.74) is 11.0. The van der Waals surface area contributed by atoms with Crippen molar-refractivity contribution in [1.29, 1.82) is 0 Å². The molecule has 1 saturated heterocycles. The van der Waals surface area contributed by atoms with Gasteiger partial charge in [-0.05, 0) is 43.7 Å². The van der Waals surface area contributed by atoms with Gasteiger partial charge in [-0.25, -0.2) is 4.52 Å². The third-order valence-corrected chi connectivity index (χ3v) is 4.27. The Labute approximate surface area is 106 Å². The molecule has 4 nitrogen and oxygen atoms in total. The highest BCUT2D eigenvalue weighted by Gasteiger charge is 2.22. The van der Waals surface area contributed by atoms with Gasteiger partial charge in [0.15, 0.2) is 5.82 Å². The number of pyridine rings is 1. The van der Waals surface area contributed by atoms with Gasteiger partial charge in [0.2, 0.25) is 0 Å². The molecule has 1 aliphatic heterocycles. The van der Waals surface area contributed by atoms with Crippen LogP contribution in [0, 0.1) is 0 Å². The third kappa shape index (κ3) is 1.29. The van der Waals surface area contributed by atoms with Gasteiger partial charge in [-0.1, -0.05) is 6.07 Å². The smallest absolute Gasteiger partial charge is 0.174 e. The lowest BCUT2D eigenvalue weighted by atomic mass is 10.2. The molecule has 94 valence electrons. The predicted octanol–water partition coefficient (Wildman–Crippen LogP) is 2.01. The second-order valence-corrected chi connectivity index (χ2v) is 5.39. The van der Waals surface area contributed by atoms with Crippen LogP contribution in [0.1, 0.15) is 30.5 Å². The van der Waals surface area contributed by atoms with Crippen LogP contribution in [0.4, 0.5) is 11.5 Å². The van der Waals surface area contributed by atoms with Crippen molar-refractivity contribution in [3.63, 3.8) is 0 Å². The van der Waals surface area contributed by atoms with Crippen molar-refractivity contribution >= 4 is 17.0 Å². The molecule has 0 aromatic carbocycles. The van der Waals surface area contributed by atoms with Crippen molar-refractivity contribution in [3.8, 4) is 0 Å². The summed E-state index contributed by atoms with van der Waals surface area (Å²) in [7, 11) is 0. The molecule has 3 heterocycles. The van der Waals surface area contributed by atoms with Crippen LogP contribution in [0.15, 0.2) is 12.1 Å². The molecule has 0 amide bonds. The molecule has 18 heavy (non-hydrogen) atoms. The zero-order chi connectivity index (χ0) is 12.1. The van der Waals surface area contributed by atoms with Gasteiger partial charge in [-0.3, -0.25) is 0 Å². The van der Waals surface area contributed by atoms with Gasteiger partial charge in [0, 0.05) is 18.8 Å². The van der Waals surface area contributed by atoms with Gasteiger partial charge in [-0.15, -0.1) is 5.10 Å². The average Bonchev–Trinajstić information content (AvgIpc) is 3.06. The van der Waals surface area contributed by atoms with Crippen molar-refractivity contribution in [2.24, 2.45) is 0 Å². The molecule has 0 saturated carbocycles. The Hall–Kier alpha value is -1.71. The molecular formula is C14H18N4. The Kier molecular flexibility index (Phi) is 2.07. The lowest BCUT2D eigenvalue weighted by Gasteiger charge is -2.14. The summed E-state index contributed by atoms with van der Waals surface area (Å²) in [6.07, 6.45) is 6.07. The fraction of sp³-hybridized carbons (Fsp3) is 0.500. The Morgan fingerprint density at radius 2 is 1.89 bits per heavy atom. The molecule has 4 rings (SSSR count). The maximum atomic E-state index is 6.29. The Balaban J connectivity index is 1.93. The second kappa shape index (κ2) is 3.64. The summed E-state index contributed by atoms with van der Waals surface area (Å²) in [5.74, 6) is 0.993. The minimum atomic E-state index is 0.853. The molecule has 0 bridgehead atoms. The predicted molar refractivity (Wildman–Crippen MR) is 73.1 cm³/mol. The quantitative estimate of drug-likeness (QED) is 0.832. The monoisotopic (exact) mass is 242 g/mol. The number of rotatable bonds is 1. The average molecular weight is 242 g/mol. The Morgan fingerprint density at radius 3 is 2.72 bits per heavy atom. The highest BCUT2D eigenvalue weighted by atomic mass is 15.3. The van der Waals surface area contributed by atoms with E-state index in [0.29, 0.717) is 0 Å². The van der Waals surface area contributed by atoms with E-state index in [2.05, 4.69) is 21.5 Å². The normalized spacial score (nSPS) is 18.8. The van der Waals surface area contributed by atoms with E-state index in [0.717, 1.165) is 36.5 Å². The van der Waals surface area contributed by atoms with Crippen LogP contribution >= 0.6 is 0 Å². The minimum Gasteiger partial charge on any atom is -0.394 e. The molecule has 0 unspecified atom stereocenters. The number of nitrogens with two attached hydrogens (primary N) is 1. The number of aromatic nitrogens is 2. The van der Waals surface area contributed by atoms with Crippen LogP contribution in [-0.2, 0) is 12.8 Å². The molecule has 1 aliphatic carbocycles. The van der Waals surface area contributed by atoms with Crippen molar-refractivity contribution in [2.75, 3.05) is 23.7 Å². The fourth-order valence-corrected chi connectivity index (χ4v) is 3.31. The minimum absolute atomic E-state index is 0.853. The first-order valence-electron chi connectivity index (χ1n) is 6.88. The number of fused-ring (bicyclic) bond motifs is 3. The molecule has 2 aromatic heterocycles. The van der Waals surface area contributed by atoms with Gasteiger partial charge in [0.25, 0.3) is 0 Å². The third-order valence-electron chi connectivity index (χ3n) is 4.27. The number of hydrogen-bond acceptors (Lipinski definition) is 3. The Morgan fingerprint density at radius 1 is 1.06 bits per heavy atom. The molecule has 2 aliphatic rings. The summed E-state index contributed by atoms with van der Waals surface area (Å²) >= 11 is 0. The van der Waals surface area contributed by atoms with E-state index < -0.39 is 0 Å². The fourth-order valence-electron chi connectivity index (χ4n) is 3.31. The Bertz CT molecular complexity index is 608. The molecule has 2 N–H and O–H groups in total. The highest BCUT2D eigenvalue weighted by Crippen LogP contribution is 2.32. The lowest BCUT2D eigenvalue weighted by molar-refractivity contribution is 0.826. The molecule has 4 heteroatoms. The summed E-state index contributed by atoms with van der Waals surface area (Å²) in [5, 5.41) is 4.78. The SMILES string of the molecule is Nc1c(N2CCCC2)nn2c3c(ccc12)CCC3. The maximum Gasteiger partial charge on any atom is 0.174 e. The number of nitrogen functional groups attached to an aromatic ring is 1. The highest BCUT2D eigenvalue weighted by molar-refractivity contribution is 5.82. The lowest BCUT2D eigenvalue weighted by Crippen LogP contribution is -2.19. The van der Waals surface area contributed by atoms with Crippen molar-refractivity contribution < 1.29 is 0 Å². The van der Waals surface area contributed by atoms with Crippen molar-refractivity contribution in [3.05, 3.63) is 23.4 Å². The molecule has 0 radical (unpaired) electrons. The van der Waals surface area contributed by atoms with Crippen LogP contribution in [0.25, 0.3) is 5.52 Å². The van der Waals surface area contributed by atoms with Crippen LogP contribution in [0.2, 0.25) is 0 Å². The first-order valence-corrected chi connectivity index (χ1v) is 6.88. The summed E-state index contributed by atoms with van der Waals surface area (Å²) < 4.78 is 2.09. The van der Waals surface area contributed by atoms with E-state index in [1.165, 1.54) is 36.9 Å². The van der Waals surface area contributed by atoms with E-state index >= 15 is 0 Å². The molecule has 0 spiro atoms.